The van der Waals surface area contributed by atoms with E-state index in [1.165, 1.54) is 17.2 Å². The number of hydrogen-bond donors (Lipinski definition) is 0. The largest absolute Gasteiger partial charge is 0.497 e. The van der Waals surface area contributed by atoms with Crippen molar-refractivity contribution in [3.05, 3.63) is 156 Å². The van der Waals surface area contributed by atoms with Gasteiger partial charge in [-0.15, -0.1) is 0 Å². The summed E-state index contributed by atoms with van der Waals surface area (Å²) in [5.41, 5.74) is 4.02. The van der Waals surface area contributed by atoms with Gasteiger partial charge in [-0.3, -0.25) is 4.79 Å². The number of rotatable bonds is 8. The fourth-order valence-electron chi connectivity index (χ4n) is 5.21. The Morgan fingerprint density at radius 3 is 2.07 bits per heavy atom. The number of benzene rings is 5. The van der Waals surface area contributed by atoms with Gasteiger partial charge in [-0.05, 0) is 52.4 Å². The van der Waals surface area contributed by atoms with Crippen molar-refractivity contribution >= 4 is 40.5 Å². The molecule has 1 amide bonds. The van der Waals surface area contributed by atoms with E-state index in [2.05, 4.69) is 0 Å². The van der Waals surface area contributed by atoms with Gasteiger partial charge in [-0.25, -0.2) is 9.80 Å². The van der Waals surface area contributed by atoms with Gasteiger partial charge < -0.3 is 9.47 Å². The average molecular weight is 579 g/mol. The molecule has 5 aromatic carbocycles. The monoisotopic (exact) mass is 578 g/mol. The molecule has 6 heteroatoms. The minimum absolute atomic E-state index is 0.255. The lowest BCUT2D eigenvalue weighted by Gasteiger charge is -2.21. The maximum atomic E-state index is 13.6. The van der Waals surface area contributed by atoms with Crippen LogP contribution in [0.1, 0.15) is 34.7 Å². The van der Waals surface area contributed by atoms with Crippen LogP contribution in [0.25, 0.3) is 22.9 Å². The lowest BCUT2D eigenvalue weighted by molar-refractivity contribution is -0.129. The number of amides is 1. The van der Waals surface area contributed by atoms with Crippen LogP contribution in [0.2, 0.25) is 0 Å². The van der Waals surface area contributed by atoms with E-state index in [-0.39, 0.29) is 11.9 Å². The van der Waals surface area contributed by atoms with Gasteiger partial charge in [-0.2, -0.15) is 5.10 Å². The van der Waals surface area contributed by atoms with Gasteiger partial charge in [0, 0.05) is 29.5 Å². The molecule has 1 atom stereocenters. The first-order valence-corrected chi connectivity index (χ1v) is 14.3. The molecule has 6 nitrogen and oxygen atoms in total. The molecule has 6 rings (SSSR count). The Kier molecular flexibility index (Phi) is 8.41. The molecule has 1 aliphatic rings. The minimum atomic E-state index is -0.504. The molecule has 0 aromatic heterocycles. The fraction of sp³-hybridized carbons (Fsp3) is 0.0789. The molecular weight excluding hydrogens is 548 g/mol. The van der Waals surface area contributed by atoms with E-state index in [0.717, 1.165) is 33.2 Å². The highest BCUT2D eigenvalue weighted by Gasteiger charge is 2.34. The molecule has 0 bridgehead atoms. The van der Waals surface area contributed by atoms with Crippen molar-refractivity contribution in [1.29, 1.82) is 0 Å². The number of carbonyl (C=O) groups is 2. The quantitative estimate of drug-likeness (QED) is 0.107. The molecule has 1 heterocycles. The zero-order valence-corrected chi connectivity index (χ0v) is 24.2. The lowest BCUT2D eigenvalue weighted by atomic mass is 9.96. The number of esters is 1. The van der Waals surface area contributed by atoms with Crippen LogP contribution >= 0.6 is 0 Å². The molecule has 216 valence electrons. The van der Waals surface area contributed by atoms with Gasteiger partial charge in [0.25, 0.3) is 5.91 Å². The average Bonchev–Trinajstić information content (AvgIpc) is 3.53. The van der Waals surface area contributed by atoms with Crippen LogP contribution in [-0.4, -0.2) is 29.7 Å². The van der Waals surface area contributed by atoms with Crippen molar-refractivity contribution in [3.8, 4) is 11.5 Å². The Balaban J connectivity index is 1.37. The lowest BCUT2D eigenvalue weighted by Crippen LogP contribution is -2.25. The van der Waals surface area contributed by atoms with Crippen LogP contribution in [0.15, 0.2) is 139 Å². The molecule has 1 aliphatic heterocycles. The van der Waals surface area contributed by atoms with E-state index in [4.69, 9.17) is 14.6 Å². The van der Waals surface area contributed by atoms with E-state index in [1.54, 1.807) is 19.3 Å². The number of ether oxygens (including phenoxy) is 2. The summed E-state index contributed by atoms with van der Waals surface area (Å²) < 4.78 is 11.4. The minimum Gasteiger partial charge on any atom is -0.497 e. The van der Waals surface area contributed by atoms with Crippen LogP contribution < -0.4 is 9.47 Å². The van der Waals surface area contributed by atoms with Crippen LogP contribution in [-0.2, 0) is 9.59 Å². The fourth-order valence-corrected chi connectivity index (χ4v) is 5.21. The van der Waals surface area contributed by atoms with Gasteiger partial charge in [0.1, 0.15) is 11.5 Å². The molecule has 44 heavy (non-hydrogen) atoms. The van der Waals surface area contributed by atoms with Crippen molar-refractivity contribution in [2.45, 2.75) is 12.5 Å². The molecule has 0 N–H and O–H groups in total. The van der Waals surface area contributed by atoms with Crippen LogP contribution in [0.5, 0.6) is 11.5 Å². The predicted molar refractivity (Wildman–Crippen MR) is 174 cm³/mol. The van der Waals surface area contributed by atoms with Crippen molar-refractivity contribution < 1.29 is 19.1 Å². The summed E-state index contributed by atoms with van der Waals surface area (Å²) >= 11 is 0. The molecule has 0 radical (unpaired) electrons. The molecule has 0 saturated heterocycles. The Labute approximate surface area is 256 Å². The highest BCUT2D eigenvalue weighted by Crippen LogP contribution is 2.38. The summed E-state index contributed by atoms with van der Waals surface area (Å²) in [6, 6.07) is 38.1. The number of nitrogens with zero attached hydrogens (tertiary/aromatic N) is 2. The first-order chi connectivity index (χ1) is 21.6. The third kappa shape index (κ3) is 6.35. The van der Waals surface area contributed by atoms with Gasteiger partial charge in [0.2, 0.25) is 0 Å². The van der Waals surface area contributed by atoms with Gasteiger partial charge in [0.15, 0.2) is 0 Å². The predicted octanol–water partition coefficient (Wildman–Crippen LogP) is 7.86. The Morgan fingerprint density at radius 2 is 1.39 bits per heavy atom. The Hall–Kier alpha value is -5.75. The smallest absolute Gasteiger partial charge is 0.336 e. The number of methoxy groups -OCH3 is 1. The summed E-state index contributed by atoms with van der Waals surface area (Å²) in [5, 5.41) is 8.06. The van der Waals surface area contributed by atoms with Crippen molar-refractivity contribution in [2.24, 2.45) is 5.10 Å². The highest BCUT2D eigenvalue weighted by molar-refractivity contribution is 6.11. The molecule has 5 aromatic rings. The summed E-state index contributed by atoms with van der Waals surface area (Å²) in [6.45, 7) is 0. The first kappa shape index (κ1) is 28.4. The normalized spacial score (nSPS) is 14.7. The zero-order valence-electron chi connectivity index (χ0n) is 24.2. The molecule has 0 spiro atoms. The highest BCUT2D eigenvalue weighted by atomic mass is 16.5. The second-order valence-electron chi connectivity index (χ2n) is 10.3. The van der Waals surface area contributed by atoms with E-state index in [1.807, 2.05) is 121 Å². The molecule has 0 aliphatic carbocycles. The van der Waals surface area contributed by atoms with E-state index < -0.39 is 5.97 Å². The Morgan fingerprint density at radius 1 is 0.750 bits per heavy atom. The van der Waals surface area contributed by atoms with Gasteiger partial charge in [0.05, 0.1) is 18.9 Å². The summed E-state index contributed by atoms with van der Waals surface area (Å²) in [4.78, 5) is 26.7. The standard InChI is InChI=1S/C38H30N2O4/c1-43-31-21-18-30(19-22-31)35-26-34(39-40(35)36(41)24-16-27-10-4-2-5-11-27)33-23-20-29-14-8-9-15-32(29)38(33)44-37(42)25-17-28-12-6-3-7-13-28/h2-25,35H,26H2,1H3/b24-16+,25-17+. The third-order valence-corrected chi connectivity index (χ3v) is 7.46. The summed E-state index contributed by atoms with van der Waals surface area (Å²) in [6.07, 6.45) is 6.89. The van der Waals surface area contributed by atoms with Crippen LogP contribution in [0, 0.1) is 0 Å². The summed E-state index contributed by atoms with van der Waals surface area (Å²) in [7, 11) is 1.62. The zero-order chi connectivity index (χ0) is 30.3. The number of hydrogen-bond acceptors (Lipinski definition) is 5. The van der Waals surface area contributed by atoms with Crippen LogP contribution in [0.3, 0.4) is 0 Å². The van der Waals surface area contributed by atoms with Crippen molar-refractivity contribution in [1.82, 2.24) is 5.01 Å². The van der Waals surface area contributed by atoms with E-state index in [0.29, 0.717) is 23.4 Å². The molecular formula is C38H30N2O4. The van der Waals surface area contributed by atoms with Crippen molar-refractivity contribution in [3.63, 3.8) is 0 Å². The topological polar surface area (TPSA) is 68.2 Å². The number of fused-ring (bicyclic) bond motifs is 1. The second-order valence-corrected chi connectivity index (χ2v) is 10.3. The second kappa shape index (κ2) is 13.0. The van der Waals surface area contributed by atoms with Crippen molar-refractivity contribution in [2.75, 3.05) is 7.11 Å². The maximum absolute atomic E-state index is 13.6. The molecule has 0 saturated carbocycles. The number of carbonyl (C=O) groups excluding carboxylic acids is 2. The first-order valence-electron chi connectivity index (χ1n) is 14.3. The molecule has 1 unspecified atom stereocenters. The summed E-state index contributed by atoms with van der Waals surface area (Å²) in [5.74, 6) is 0.375. The Bertz CT molecular complexity index is 1880. The van der Waals surface area contributed by atoms with Crippen LogP contribution in [0.4, 0.5) is 0 Å². The van der Waals surface area contributed by atoms with E-state index in [9.17, 15) is 9.59 Å². The maximum Gasteiger partial charge on any atom is 0.336 e. The van der Waals surface area contributed by atoms with Gasteiger partial charge in [-0.1, -0.05) is 103 Å². The molecule has 0 fully saturated rings. The SMILES string of the molecule is COc1ccc(C2CC(c3ccc4ccccc4c3OC(=O)/C=C/c3ccccc3)=NN2C(=O)/C=C/c2ccccc2)cc1. The number of hydrazone groups is 1. The van der Waals surface area contributed by atoms with E-state index >= 15 is 0 Å². The van der Waals surface area contributed by atoms with Gasteiger partial charge >= 0.3 is 5.97 Å². The third-order valence-electron chi connectivity index (χ3n) is 7.46.